The van der Waals surface area contributed by atoms with Crippen molar-refractivity contribution < 1.29 is 9.18 Å². The van der Waals surface area contributed by atoms with Crippen molar-refractivity contribution in [3.05, 3.63) is 30.1 Å². The van der Waals surface area contributed by atoms with Crippen LogP contribution >= 0.6 is 11.8 Å². The van der Waals surface area contributed by atoms with Crippen molar-refractivity contribution >= 4 is 17.7 Å². The van der Waals surface area contributed by atoms with Crippen molar-refractivity contribution in [3.8, 4) is 0 Å². The molecule has 1 amide bonds. The summed E-state index contributed by atoms with van der Waals surface area (Å²) in [4.78, 5) is 17.1. The molecule has 2 rings (SSSR count). The molecule has 1 heterocycles. The third-order valence-electron chi connectivity index (χ3n) is 3.43. The second-order valence-electron chi connectivity index (χ2n) is 5.17. The van der Waals surface area contributed by atoms with Gasteiger partial charge in [-0.3, -0.25) is 9.69 Å². The molecule has 6 heteroatoms. The number of hydrogen-bond donors (Lipinski definition) is 1. The van der Waals surface area contributed by atoms with Gasteiger partial charge in [-0.1, -0.05) is 0 Å². The molecule has 0 bridgehead atoms. The summed E-state index contributed by atoms with van der Waals surface area (Å²) in [7, 11) is 1.96. The van der Waals surface area contributed by atoms with E-state index in [1.807, 2.05) is 16.8 Å². The standard InChI is InChI=1S/C15H22FN3OS/c1-18(12-15(20)19-8-6-17-7-9-19)10-11-21-14-4-2-13(16)3-5-14/h2-5,17H,6-12H2,1H3. The fraction of sp³-hybridized carbons (Fsp3) is 0.533. The van der Waals surface area contributed by atoms with Crippen molar-refractivity contribution in [1.82, 2.24) is 15.1 Å². The van der Waals surface area contributed by atoms with Gasteiger partial charge < -0.3 is 10.2 Å². The lowest BCUT2D eigenvalue weighted by molar-refractivity contribution is -0.132. The van der Waals surface area contributed by atoms with E-state index in [0.29, 0.717) is 6.54 Å². The number of nitrogens with one attached hydrogen (secondary N) is 1. The van der Waals surface area contributed by atoms with E-state index < -0.39 is 0 Å². The minimum Gasteiger partial charge on any atom is -0.339 e. The maximum atomic E-state index is 12.8. The third kappa shape index (κ3) is 5.65. The van der Waals surface area contributed by atoms with E-state index in [0.717, 1.165) is 43.4 Å². The summed E-state index contributed by atoms with van der Waals surface area (Å²) in [5, 5.41) is 3.24. The SMILES string of the molecule is CN(CCSc1ccc(F)cc1)CC(=O)N1CCNCC1. The Morgan fingerprint density at radius 1 is 1.33 bits per heavy atom. The average molecular weight is 311 g/mol. The Labute approximate surface area is 129 Å². The number of hydrogen-bond acceptors (Lipinski definition) is 4. The molecule has 0 spiro atoms. The quantitative estimate of drug-likeness (QED) is 0.803. The number of nitrogens with zero attached hydrogens (tertiary/aromatic N) is 2. The van der Waals surface area contributed by atoms with Crippen LogP contribution in [0.4, 0.5) is 4.39 Å². The summed E-state index contributed by atoms with van der Waals surface area (Å²) < 4.78 is 12.8. The first-order valence-electron chi connectivity index (χ1n) is 7.20. The Morgan fingerprint density at radius 2 is 2.00 bits per heavy atom. The minimum atomic E-state index is -0.210. The van der Waals surface area contributed by atoms with Crippen LogP contribution in [0.15, 0.2) is 29.2 Å². The van der Waals surface area contributed by atoms with E-state index in [1.54, 1.807) is 23.9 Å². The first-order valence-corrected chi connectivity index (χ1v) is 8.19. The summed E-state index contributed by atoms with van der Waals surface area (Å²) in [6, 6.07) is 6.51. The molecule has 0 radical (unpaired) electrons. The molecular formula is C15H22FN3OS. The molecule has 1 aromatic rings. The molecule has 116 valence electrons. The van der Waals surface area contributed by atoms with Gasteiger partial charge in [-0.15, -0.1) is 11.8 Å². The Balaban J connectivity index is 1.65. The van der Waals surface area contributed by atoms with Crippen molar-refractivity contribution in [2.45, 2.75) is 4.90 Å². The van der Waals surface area contributed by atoms with Crippen molar-refractivity contribution in [2.24, 2.45) is 0 Å². The lowest BCUT2D eigenvalue weighted by Crippen LogP contribution is -2.49. The number of carbonyl (C=O) groups is 1. The van der Waals surface area contributed by atoms with Gasteiger partial charge in [-0.05, 0) is 31.3 Å². The van der Waals surface area contributed by atoms with E-state index in [9.17, 15) is 9.18 Å². The highest BCUT2D eigenvalue weighted by molar-refractivity contribution is 7.99. The molecule has 1 aromatic carbocycles. The lowest BCUT2D eigenvalue weighted by atomic mass is 10.3. The van der Waals surface area contributed by atoms with Crippen LogP contribution in [0.2, 0.25) is 0 Å². The van der Waals surface area contributed by atoms with Gasteiger partial charge in [0.1, 0.15) is 5.82 Å². The molecule has 1 N–H and O–H groups in total. The average Bonchev–Trinajstić information content (AvgIpc) is 2.50. The molecule has 0 aromatic heterocycles. The van der Waals surface area contributed by atoms with E-state index >= 15 is 0 Å². The number of likely N-dealkylation sites (N-methyl/N-ethyl adjacent to an activating group) is 1. The molecule has 0 atom stereocenters. The van der Waals surface area contributed by atoms with Crippen LogP contribution in [0.3, 0.4) is 0 Å². The van der Waals surface area contributed by atoms with E-state index in [-0.39, 0.29) is 11.7 Å². The number of rotatable bonds is 6. The monoisotopic (exact) mass is 311 g/mol. The first-order chi connectivity index (χ1) is 10.1. The van der Waals surface area contributed by atoms with Gasteiger partial charge >= 0.3 is 0 Å². The van der Waals surface area contributed by atoms with Crippen LogP contribution in [-0.2, 0) is 4.79 Å². The third-order valence-corrected chi connectivity index (χ3v) is 4.42. The zero-order chi connectivity index (χ0) is 15.1. The van der Waals surface area contributed by atoms with Crippen LogP contribution in [0.5, 0.6) is 0 Å². The predicted molar refractivity (Wildman–Crippen MR) is 84.1 cm³/mol. The minimum absolute atomic E-state index is 0.200. The summed E-state index contributed by atoms with van der Waals surface area (Å²) in [5.74, 6) is 0.876. The number of carbonyl (C=O) groups excluding carboxylic acids is 1. The first kappa shape index (κ1) is 16.3. The van der Waals surface area contributed by atoms with Crippen molar-refractivity contribution in [2.75, 3.05) is 52.1 Å². The summed E-state index contributed by atoms with van der Waals surface area (Å²) in [5.41, 5.74) is 0. The van der Waals surface area contributed by atoms with Gasteiger partial charge in [0.25, 0.3) is 0 Å². The van der Waals surface area contributed by atoms with Crippen LogP contribution in [0, 0.1) is 5.82 Å². The highest BCUT2D eigenvalue weighted by Gasteiger charge is 2.17. The van der Waals surface area contributed by atoms with Gasteiger partial charge in [0.2, 0.25) is 5.91 Å². The van der Waals surface area contributed by atoms with Gasteiger partial charge in [-0.2, -0.15) is 0 Å². The lowest BCUT2D eigenvalue weighted by Gasteiger charge is -2.29. The summed E-state index contributed by atoms with van der Waals surface area (Å²) in [6.45, 7) is 4.67. The van der Waals surface area contributed by atoms with E-state index in [1.165, 1.54) is 12.1 Å². The fourth-order valence-corrected chi connectivity index (χ4v) is 3.14. The van der Waals surface area contributed by atoms with Crippen LogP contribution in [0.1, 0.15) is 0 Å². The van der Waals surface area contributed by atoms with Gasteiger partial charge in [0, 0.05) is 43.4 Å². The second kappa shape index (κ2) is 8.36. The topological polar surface area (TPSA) is 35.6 Å². The van der Waals surface area contributed by atoms with Gasteiger partial charge in [-0.25, -0.2) is 4.39 Å². The number of piperazine rings is 1. The Morgan fingerprint density at radius 3 is 2.67 bits per heavy atom. The van der Waals surface area contributed by atoms with E-state index in [4.69, 9.17) is 0 Å². The molecule has 0 aliphatic carbocycles. The predicted octanol–water partition coefficient (Wildman–Crippen LogP) is 1.28. The van der Waals surface area contributed by atoms with Gasteiger partial charge in [0.05, 0.1) is 6.54 Å². The molecule has 21 heavy (non-hydrogen) atoms. The van der Waals surface area contributed by atoms with Crippen molar-refractivity contribution in [3.63, 3.8) is 0 Å². The molecule has 1 fully saturated rings. The summed E-state index contributed by atoms with van der Waals surface area (Å²) in [6.07, 6.45) is 0. The molecule has 1 aliphatic heterocycles. The zero-order valence-corrected chi connectivity index (χ0v) is 13.2. The maximum absolute atomic E-state index is 12.8. The number of benzene rings is 1. The number of amides is 1. The van der Waals surface area contributed by atoms with E-state index in [2.05, 4.69) is 5.32 Å². The largest absolute Gasteiger partial charge is 0.339 e. The molecule has 4 nitrogen and oxygen atoms in total. The molecular weight excluding hydrogens is 289 g/mol. The van der Waals surface area contributed by atoms with Crippen LogP contribution in [0.25, 0.3) is 0 Å². The van der Waals surface area contributed by atoms with Crippen LogP contribution in [-0.4, -0.2) is 67.8 Å². The molecule has 0 unspecified atom stereocenters. The normalized spacial score (nSPS) is 15.5. The van der Waals surface area contributed by atoms with Crippen molar-refractivity contribution in [1.29, 1.82) is 0 Å². The zero-order valence-electron chi connectivity index (χ0n) is 12.3. The second-order valence-corrected chi connectivity index (χ2v) is 6.34. The Kier molecular flexibility index (Phi) is 6.48. The Hall–Kier alpha value is -1.11. The smallest absolute Gasteiger partial charge is 0.236 e. The highest BCUT2D eigenvalue weighted by Crippen LogP contribution is 2.17. The number of halogens is 1. The Bertz CT molecular complexity index is 449. The maximum Gasteiger partial charge on any atom is 0.236 e. The number of thioether (sulfide) groups is 1. The molecule has 1 saturated heterocycles. The molecule has 1 aliphatic rings. The van der Waals surface area contributed by atoms with Crippen LogP contribution < -0.4 is 5.32 Å². The fourth-order valence-electron chi connectivity index (χ4n) is 2.17. The molecule has 0 saturated carbocycles. The highest BCUT2D eigenvalue weighted by atomic mass is 32.2. The van der Waals surface area contributed by atoms with Gasteiger partial charge in [0.15, 0.2) is 0 Å². The summed E-state index contributed by atoms with van der Waals surface area (Å²) >= 11 is 1.68.